The van der Waals surface area contributed by atoms with Gasteiger partial charge in [-0.05, 0) is 18.1 Å². The van der Waals surface area contributed by atoms with Gasteiger partial charge >= 0.3 is 5.97 Å². The number of hydrogen-bond donors (Lipinski definition) is 2. The number of aliphatic imine (C=N–C) groups is 1. The van der Waals surface area contributed by atoms with Gasteiger partial charge in [0.15, 0.2) is 5.96 Å². The van der Waals surface area contributed by atoms with Gasteiger partial charge in [-0.3, -0.25) is 4.99 Å². The molecule has 5 heteroatoms. The summed E-state index contributed by atoms with van der Waals surface area (Å²) in [6.45, 7) is 2.13. The van der Waals surface area contributed by atoms with Crippen LogP contribution in [-0.4, -0.2) is 25.6 Å². The Morgan fingerprint density at radius 3 is 2.32 bits per heavy atom. The summed E-state index contributed by atoms with van der Waals surface area (Å²) >= 11 is 0. The molecule has 5 nitrogen and oxygen atoms in total. The van der Waals surface area contributed by atoms with Crippen molar-refractivity contribution in [1.29, 1.82) is 0 Å². The molecule has 0 bridgehead atoms. The molecule has 1 heterocycles. The van der Waals surface area contributed by atoms with Gasteiger partial charge in [0.2, 0.25) is 0 Å². The van der Waals surface area contributed by atoms with Crippen molar-refractivity contribution in [2.24, 2.45) is 4.99 Å². The van der Waals surface area contributed by atoms with Crippen molar-refractivity contribution in [1.82, 2.24) is 10.6 Å². The maximum Gasteiger partial charge on any atom is 0.338 e. The standard InChI is InChI=1S/C20H21N3O2/c1-3-25-19(24)16-17(14-10-6-4-7-11-14)22-20(21-2)23-18(16)15-12-8-5-9-13-15/h4-13,17H,3H2,1-2H3,(H2,21,22,23). The highest BCUT2D eigenvalue weighted by atomic mass is 16.5. The van der Waals surface area contributed by atoms with Crippen LogP contribution in [0.15, 0.2) is 71.2 Å². The van der Waals surface area contributed by atoms with Crippen molar-refractivity contribution in [3.63, 3.8) is 0 Å². The van der Waals surface area contributed by atoms with E-state index in [9.17, 15) is 4.79 Å². The second-order valence-electron chi connectivity index (χ2n) is 5.56. The summed E-state index contributed by atoms with van der Waals surface area (Å²) in [4.78, 5) is 17.0. The average Bonchev–Trinajstić information content (AvgIpc) is 2.68. The van der Waals surface area contributed by atoms with Crippen LogP contribution in [0.25, 0.3) is 5.70 Å². The minimum Gasteiger partial charge on any atom is -0.463 e. The number of benzene rings is 2. The molecule has 0 radical (unpaired) electrons. The molecule has 2 aromatic carbocycles. The molecule has 1 unspecified atom stereocenters. The largest absolute Gasteiger partial charge is 0.463 e. The van der Waals surface area contributed by atoms with Crippen LogP contribution in [0.2, 0.25) is 0 Å². The molecular formula is C20H21N3O2. The van der Waals surface area contributed by atoms with Gasteiger partial charge in [0.05, 0.1) is 23.9 Å². The minimum atomic E-state index is -0.342. The number of esters is 1. The van der Waals surface area contributed by atoms with Crippen molar-refractivity contribution in [2.75, 3.05) is 13.7 Å². The Hall–Kier alpha value is -3.08. The highest BCUT2D eigenvalue weighted by Gasteiger charge is 2.33. The van der Waals surface area contributed by atoms with Crippen LogP contribution in [0.5, 0.6) is 0 Å². The van der Waals surface area contributed by atoms with Gasteiger partial charge in [-0.25, -0.2) is 4.79 Å². The second-order valence-corrected chi connectivity index (χ2v) is 5.56. The van der Waals surface area contributed by atoms with Crippen LogP contribution in [-0.2, 0) is 9.53 Å². The number of nitrogens with one attached hydrogen (secondary N) is 2. The van der Waals surface area contributed by atoms with E-state index in [2.05, 4.69) is 15.6 Å². The van der Waals surface area contributed by atoms with E-state index < -0.39 is 0 Å². The first-order valence-electron chi connectivity index (χ1n) is 8.26. The van der Waals surface area contributed by atoms with Crippen LogP contribution in [0.3, 0.4) is 0 Å². The lowest BCUT2D eigenvalue weighted by Gasteiger charge is -2.31. The Bertz CT molecular complexity index is 798. The number of rotatable bonds is 4. The molecule has 0 fully saturated rings. The van der Waals surface area contributed by atoms with E-state index in [1.165, 1.54) is 0 Å². The van der Waals surface area contributed by atoms with Gasteiger partial charge in [0.1, 0.15) is 0 Å². The van der Waals surface area contributed by atoms with Crippen LogP contribution in [0, 0.1) is 0 Å². The third-order valence-electron chi connectivity index (χ3n) is 4.00. The van der Waals surface area contributed by atoms with Crippen LogP contribution >= 0.6 is 0 Å². The second kappa shape index (κ2) is 7.66. The van der Waals surface area contributed by atoms with E-state index in [-0.39, 0.29) is 12.0 Å². The highest BCUT2D eigenvalue weighted by Crippen LogP contribution is 2.31. The smallest absolute Gasteiger partial charge is 0.338 e. The fraction of sp³-hybridized carbons (Fsp3) is 0.200. The first-order valence-corrected chi connectivity index (χ1v) is 8.26. The van der Waals surface area contributed by atoms with Crippen LogP contribution < -0.4 is 10.6 Å². The molecule has 1 aliphatic rings. The summed E-state index contributed by atoms with van der Waals surface area (Å²) < 4.78 is 5.34. The minimum absolute atomic E-state index is 0.320. The number of carbonyl (C=O) groups excluding carboxylic acids is 1. The van der Waals surface area contributed by atoms with E-state index in [1.807, 2.05) is 60.7 Å². The molecule has 2 N–H and O–H groups in total. The van der Waals surface area contributed by atoms with Crippen molar-refractivity contribution in [3.8, 4) is 0 Å². The third-order valence-corrected chi connectivity index (χ3v) is 4.00. The summed E-state index contributed by atoms with van der Waals surface area (Å²) in [6, 6.07) is 19.2. The molecule has 1 aliphatic heterocycles. The fourth-order valence-corrected chi connectivity index (χ4v) is 2.85. The zero-order chi connectivity index (χ0) is 17.6. The number of ether oxygens (including phenoxy) is 1. The zero-order valence-corrected chi connectivity index (χ0v) is 14.3. The average molecular weight is 335 g/mol. The van der Waals surface area contributed by atoms with E-state index in [1.54, 1.807) is 14.0 Å². The van der Waals surface area contributed by atoms with Gasteiger partial charge in [0, 0.05) is 7.05 Å². The zero-order valence-electron chi connectivity index (χ0n) is 14.3. The maximum atomic E-state index is 12.8. The first kappa shape index (κ1) is 16.8. The van der Waals surface area contributed by atoms with Gasteiger partial charge < -0.3 is 15.4 Å². The SMILES string of the molecule is CCOC(=O)C1=C(c2ccccc2)NC(=NC)NC1c1ccccc1. The highest BCUT2D eigenvalue weighted by molar-refractivity contribution is 6.05. The Morgan fingerprint density at radius 1 is 1.08 bits per heavy atom. The van der Waals surface area contributed by atoms with Crippen LogP contribution in [0.4, 0.5) is 0 Å². The summed E-state index contributed by atoms with van der Waals surface area (Å²) in [5.74, 6) is 0.270. The topological polar surface area (TPSA) is 62.7 Å². The lowest BCUT2D eigenvalue weighted by atomic mass is 9.92. The predicted octanol–water partition coefficient (Wildman–Crippen LogP) is 2.88. The molecule has 0 saturated heterocycles. The Kier molecular flexibility index (Phi) is 5.14. The Labute approximate surface area is 147 Å². The number of carbonyl (C=O) groups is 1. The lowest BCUT2D eigenvalue weighted by molar-refractivity contribution is -0.138. The van der Waals surface area contributed by atoms with Crippen molar-refractivity contribution in [2.45, 2.75) is 13.0 Å². The Morgan fingerprint density at radius 2 is 1.72 bits per heavy atom. The Balaban J connectivity index is 2.19. The summed E-state index contributed by atoms with van der Waals surface area (Å²) in [6.07, 6.45) is 0. The fourth-order valence-electron chi connectivity index (χ4n) is 2.85. The van der Waals surface area contributed by atoms with E-state index in [0.29, 0.717) is 23.8 Å². The molecule has 0 spiro atoms. The van der Waals surface area contributed by atoms with Gasteiger partial charge in [-0.2, -0.15) is 0 Å². The normalized spacial score (nSPS) is 18.5. The van der Waals surface area contributed by atoms with E-state index in [4.69, 9.17) is 4.74 Å². The molecule has 0 aromatic heterocycles. The van der Waals surface area contributed by atoms with Crippen molar-refractivity contribution >= 4 is 17.6 Å². The summed E-state index contributed by atoms with van der Waals surface area (Å²) in [5, 5.41) is 6.51. The predicted molar refractivity (Wildman–Crippen MR) is 98.8 cm³/mol. The maximum absolute atomic E-state index is 12.8. The molecular weight excluding hydrogens is 314 g/mol. The quantitative estimate of drug-likeness (QED) is 0.844. The number of guanidine groups is 1. The van der Waals surface area contributed by atoms with Crippen LogP contribution in [0.1, 0.15) is 24.1 Å². The third kappa shape index (κ3) is 3.55. The van der Waals surface area contributed by atoms with Gasteiger partial charge in [-0.15, -0.1) is 0 Å². The molecule has 3 rings (SSSR count). The monoisotopic (exact) mass is 335 g/mol. The van der Waals surface area contributed by atoms with E-state index in [0.717, 1.165) is 11.1 Å². The molecule has 2 aromatic rings. The van der Waals surface area contributed by atoms with E-state index >= 15 is 0 Å². The molecule has 25 heavy (non-hydrogen) atoms. The molecule has 0 aliphatic carbocycles. The van der Waals surface area contributed by atoms with Crippen molar-refractivity contribution < 1.29 is 9.53 Å². The lowest BCUT2D eigenvalue weighted by Crippen LogP contribution is -2.46. The number of nitrogens with zero attached hydrogens (tertiary/aromatic N) is 1. The molecule has 0 saturated carbocycles. The van der Waals surface area contributed by atoms with Gasteiger partial charge in [-0.1, -0.05) is 60.7 Å². The van der Waals surface area contributed by atoms with Gasteiger partial charge in [0.25, 0.3) is 0 Å². The first-order chi connectivity index (χ1) is 12.2. The summed E-state index contributed by atoms with van der Waals surface area (Å²) in [7, 11) is 1.70. The summed E-state index contributed by atoms with van der Waals surface area (Å²) in [5.41, 5.74) is 3.15. The molecule has 128 valence electrons. The molecule has 1 atom stereocenters. The van der Waals surface area contributed by atoms with Crippen molar-refractivity contribution in [3.05, 3.63) is 77.4 Å². The number of hydrogen-bond acceptors (Lipinski definition) is 3. The molecule has 0 amide bonds.